The summed E-state index contributed by atoms with van der Waals surface area (Å²) in [6.45, 7) is 4.96. The molecule has 3 N–H and O–H groups in total. The molecule has 2 unspecified atom stereocenters. The summed E-state index contributed by atoms with van der Waals surface area (Å²) in [6, 6.07) is -0.540. The summed E-state index contributed by atoms with van der Waals surface area (Å²) >= 11 is 0. The Hall–Kier alpha value is -1.66. The molecule has 1 amide bonds. The van der Waals surface area contributed by atoms with Gasteiger partial charge < -0.3 is 20.3 Å². The second-order valence-corrected chi connectivity index (χ2v) is 27.8. The molecule has 0 aliphatic heterocycles. The predicted molar refractivity (Wildman–Crippen MR) is 384 cm³/mol. The molecule has 0 aliphatic carbocycles. The minimum atomic E-state index is -0.663. The third-order valence-electron chi connectivity index (χ3n) is 19.0. The highest BCUT2D eigenvalue weighted by Gasteiger charge is 2.20. The third kappa shape index (κ3) is 73.3. The van der Waals surface area contributed by atoms with Gasteiger partial charge in [-0.05, 0) is 51.4 Å². The minimum absolute atomic E-state index is 0.00700. The average Bonchev–Trinajstić information content (AvgIpc) is 3.52. The number of allylic oxidation sites excluding steroid dienone is 4. The zero-order valence-corrected chi connectivity index (χ0v) is 59.3. The maximum Gasteiger partial charge on any atom is 0.305 e. The number of rotatable bonds is 76. The summed E-state index contributed by atoms with van der Waals surface area (Å²) in [5, 5.41) is 23.5. The van der Waals surface area contributed by atoms with Crippen molar-refractivity contribution in [3.05, 3.63) is 24.3 Å². The molecule has 6 heteroatoms. The smallest absolute Gasteiger partial charge is 0.305 e. The standard InChI is InChI=1S/C81H157NO5/c1-3-5-7-9-11-13-15-17-19-20-21-22-23-31-34-37-40-43-46-49-53-57-61-65-69-73-79(84)78(77-83)82-80(85)74-70-66-62-58-54-50-47-44-41-38-35-32-29-27-25-24-26-28-30-33-36-39-42-45-48-52-56-60-64-68-72-76-87-81(86)75-71-67-63-59-55-51-18-16-14-12-10-8-6-4-2/h10,12,16,18,78-79,83-84H,3-9,11,13-15,17,19-77H2,1-2H3,(H,82,85)/b12-10-,18-16-. The van der Waals surface area contributed by atoms with Crippen LogP contribution in [0.25, 0.3) is 0 Å². The highest BCUT2D eigenvalue weighted by molar-refractivity contribution is 5.76. The van der Waals surface area contributed by atoms with Crippen molar-refractivity contribution in [1.82, 2.24) is 5.32 Å². The lowest BCUT2D eigenvalue weighted by atomic mass is 10.0. The van der Waals surface area contributed by atoms with E-state index in [1.807, 2.05) is 0 Å². The summed E-state index contributed by atoms with van der Waals surface area (Å²) in [7, 11) is 0. The number of carbonyl (C=O) groups is 2. The number of unbranched alkanes of at least 4 members (excludes halogenated alkanes) is 61. The first-order valence-electron chi connectivity index (χ1n) is 40.1. The number of aliphatic hydroxyl groups is 2. The monoisotopic (exact) mass is 1220 g/mol. The van der Waals surface area contributed by atoms with E-state index >= 15 is 0 Å². The van der Waals surface area contributed by atoms with Crippen molar-refractivity contribution < 1.29 is 24.5 Å². The van der Waals surface area contributed by atoms with Crippen LogP contribution in [-0.4, -0.2) is 47.4 Å². The summed E-state index contributed by atoms with van der Waals surface area (Å²) in [5.41, 5.74) is 0. The second kappa shape index (κ2) is 76.8. The Morgan fingerprint density at radius 2 is 0.586 bits per heavy atom. The Balaban J connectivity index is 3.34. The first-order valence-corrected chi connectivity index (χ1v) is 40.1. The van der Waals surface area contributed by atoms with Gasteiger partial charge in [-0.3, -0.25) is 9.59 Å². The van der Waals surface area contributed by atoms with Crippen molar-refractivity contribution >= 4 is 11.9 Å². The zero-order chi connectivity index (χ0) is 62.8. The summed E-state index contributed by atoms with van der Waals surface area (Å²) < 4.78 is 5.49. The van der Waals surface area contributed by atoms with Crippen LogP contribution in [0, 0.1) is 0 Å². The fraction of sp³-hybridized carbons (Fsp3) is 0.926. The van der Waals surface area contributed by atoms with Gasteiger partial charge in [-0.25, -0.2) is 0 Å². The molecule has 6 nitrogen and oxygen atoms in total. The quantitative estimate of drug-likeness (QED) is 0.0320. The van der Waals surface area contributed by atoms with Gasteiger partial charge in [0.2, 0.25) is 5.91 Å². The van der Waals surface area contributed by atoms with Crippen LogP contribution >= 0.6 is 0 Å². The van der Waals surface area contributed by atoms with Gasteiger partial charge in [0.25, 0.3) is 0 Å². The molecular weight excluding hydrogens is 1070 g/mol. The Morgan fingerprint density at radius 1 is 0.322 bits per heavy atom. The molecule has 0 radical (unpaired) electrons. The molecule has 0 bridgehead atoms. The average molecular weight is 1230 g/mol. The number of nitrogens with one attached hydrogen (secondary N) is 1. The topological polar surface area (TPSA) is 95.9 Å². The molecule has 0 fully saturated rings. The normalized spacial score (nSPS) is 12.6. The lowest BCUT2D eigenvalue weighted by Crippen LogP contribution is -2.45. The molecule has 0 heterocycles. The SMILES string of the molecule is CCCC/C=C\C/C=C\CCCCCCCC(=O)OCCCCCCCCCCCCCCCCCCCCCCCCCCCCCCCCCC(=O)NC(CO)C(O)CCCCCCCCCCCCCCCCCCCCCCCCCCC. The van der Waals surface area contributed by atoms with Crippen LogP contribution in [0.5, 0.6) is 0 Å². The molecule has 0 rings (SSSR count). The van der Waals surface area contributed by atoms with Crippen LogP contribution in [0.2, 0.25) is 0 Å². The molecule has 0 aromatic heterocycles. The Bertz CT molecular complexity index is 1360. The van der Waals surface area contributed by atoms with Crippen LogP contribution < -0.4 is 5.32 Å². The Labute approximate surface area is 545 Å². The van der Waals surface area contributed by atoms with Gasteiger partial charge in [0.05, 0.1) is 25.4 Å². The molecule has 2 atom stereocenters. The Kier molecular flexibility index (Phi) is 75.3. The fourth-order valence-corrected chi connectivity index (χ4v) is 12.9. The van der Waals surface area contributed by atoms with E-state index in [1.54, 1.807) is 0 Å². The highest BCUT2D eigenvalue weighted by atomic mass is 16.5. The van der Waals surface area contributed by atoms with Crippen molar-refractivity contribution in [2.45, 2.75) is 469 Å². The van der Waals surface area contributed by atoms with Gasteiger partial charge >= 0.3 is 5.97 Å². The lowest BCUT2D eigenvalue weighted by Gasteiger charge is -2.22. The number of ether oxygens (including phenoxy) is 1. The summed E-state index contributed by atoms with van der Waals surface area (Å²) in [5.74, 6) is -0.0178. The summed E-state index contributed by atoms with van der Waals surface area (Å²) in [6.07, 6.45) is 98.5. The highest BCUT2D eigenvalue weighted by Crippen LogP contribution is 2.20. The first kappa shape index (κ1) is 85.3. The van der Waals surface area contributed by atoms with Gasteiger partial charge in [0, 0.05) is 12.8 Å². The number of hydrogen-bond acceptors (Lipinski definition) is 5. The lowest BCUT2D eigenvalue weighted by molar-refractivity contribution is -0.143. The third-order valence-corrected chi connectivity index (χ3v) is 19.0. The van der Waals surface area contributed by atoms with Crippen LogP contribution in [0.1, 0.15) is 457 Å². The van der Waals surface area contributed by atoms with Crippen molar-refractivity contribution in [1.29, 1.82) is 0 Å². The van der Waals surface area contributed by atoms with Crippen molar-refractivity contribution in [3.8, 4) is 0 Å². The number of esters is 1. The predicted octanol–water partition coefficient (Wildman–Crippen LogP) is 26.4. The zero-order valence-electron chi connectivity index (χ0n) is 59.3. The van der Waals surface area contributed by atoms with E-state index in [1.165, 1.54) is 372 Å². The van der Waals surface area contributed by atoms with Crippen LogP contribution in [0.15, 0.2) is 24.3 Å². The number of aliphatic hydroxyl groups excluding tert-OH is 2. The van der Waals surface area contributed by atoms with Crippen LogP contribution in [0.3, 0.4) is 0 Å². The number of carbonyl (C=O) groups excluding carboxylic acids is 2. The fourth-order valence-electron chi connectivity index (χ4n) is 12.9. The molecular formula is C81H157NO5. The second-order valence-electron chi connectivity index (χ2n) is 27.8. The van der Waals surface area contributed by atoms with E-state index in [0.29, 0.717) is 25.9 Å². The van der Waals surface area contributed by atoms with Crippen molar-refractivity contribution in [2.24, 2.45) is 0 Å². The summed E-state index contributed by atoms with van der Waals surface area (Å²) in [4.78, 5) is 24.6. The van der Waals surface area contributed by atoms with Gasteiger partial charge in [-0.2, -0.15) is 0 Å². The molecule has 0 spiro atoms. The minimum Gasteiger partial charge on any atom is -0.466 e. The van der Waals surface area contributed by atoms with E-state index in [0.717, 1.165) is 51.4 Å². The maximum atomic E-state index is 12.6. The molecule has 0 aliphatic rings. The largest absolute Gasteiger partial charge is 0.466 e. The van der Waals surface area contributed by atoms with E-state index < -0.39 is 12.1 Å². The molecule has 0 saturated heterocycles. The maximum absolute atomic E-state index is 12.6. The van der Waals surface area contributed by atoms with Gasteiger partial charge in [0.15, 0.2) is 0 Å². The molecule has 516 valence electrons. The molecule has 0 saturated carbocycles. The van der Waals surface area contributed by atoms with E-state index in [9.17, 15) is 19.8 Å². The van der Waals surface area contributed by atoms with E-state index in [-0.39, 0.29) is 18.5 Å². The number of amides is 1. The van der Waals surface area contributed by atoms with Crippen LogP contribution in [-0.2, 0) is 14.3 Å². The van der Waals surface area contributed by atoms with E-state index in [2.05, 4.69) is 43.5 Å². The molecule has 87 heavy (non-hydrogen) atoms. The Morgan fingerprint density at radius 3 is 0.908 bits per heavy atom. The van der Waals surface area contributed by atoms with Gasteiger partial charge in [0.1, 0.15) is 0 Å². The van der Waals surface area contributed by atoms with Crippen LogP contribution in [0.4, 0.5) is 0 Å². The van der Waals surface area contributed by atoms with Gasteiger partial charge in [-0.15, -0.1) is 0 Å². The van der Waals surface area contributed by atoms with Crippen molar-refractivity contribution in [3.63, 3.8) is 0 Å². The molecule has 0 aromatic carbocycles. The van der Waals surface area contributed by atoms with Crippen molar-refractivity contribution in [2.75, 3.05) is 13.2 Å². The van der Waals surface area contributed by atoms with E-state index in [4.69, 9.17) is 4.74 Å². The van der Waals surface area contributed by atoms with Gasteiger partial charge in [-0.1, -0.05) is 417 Å². The molecule has 0 aromatic rings. The number of hydrogen-bond donors (Lipinski definition) is 3. The first-order chi connectivity index (χ1) is 43.0.